The lowest BCUT2D eigenvalue weighted by Gasteiger charge is -2.36. The van der Waals surface area contributed by atoms with Crippen LogP contribution in [0.25, 0.3) is 0 Å². The van der Waals surface area contributed by atoms with Gasteiger partial charge in [0.1, 0.15) is 5.75 Å². The Balaban J connectivity index is 1.64. The summed E-state index contributed by atoms with van der Waals surface area (Å²) in [5, 5.41) is 0.737. The number of halogens is 1. The normalized spacial score (nSPS) is 14.5. The Hall–Kier alpha value is -2.20. The van der Waals surface area contributed by atoms with E-state index < -0.39 is 0 Å². The van der Waals surface area contributed by atoms with Gasteiger partial charge in [-0.25, -0.2) is 0 Å². The van der Waals surface area contributed by atoms with Crippen molar-refractivity contribution in [1.82, 2.24) is 4.90 Å². The summed E-state index contributed by atoms with van der Waals surface area (Å²) < 4.78 is 5.55. The molecule has 1 fully saturated rings. The third-order valence-corrected chi connectivity index (χ3v) is 4.70. The van der Waals surface area contributed by atoms with Gasteiger partial charge in [-0.2, -0.15) is 0 Å². The maximum Gasteiger partial charge on any atom is 0.253 e. The molecule has 1 amide bonds. The maximum absolute atomic E-state index is 12.8. The minimum atomic E-state index is 0.0805. The molecule has 1 aliphatic heterocycles. The largest absolute Gasteiger partial charge is 0.494 e. The molecule has 0 N–H and O–H groups in total. The Bertz CT molecular complexity index is 755. The summed E-state index contributed by atoms with van der Waals surface area (Å²) in [5.74, 6) is 0.918. The van der Waals surface area contributed by atoms with E-state index >= 15 is 0 Å². The molecule has 0 bridgehead atoms. The van der Waals surface area contributed by atoms with Crippen LogP contribution in [0.15, 0.2) is 42.5 Å². The lowest BCUT2D eigenvalue weighted by atomic mass is 10.1. The molecule has 0 unspecified atom stereocenters. The number of ether oxygens (including phenoxy) is 1. The Morgan fingerprint density at radius 3 is 2.52 bits per heavy atom. The van der Waals surface area contributed by atoms with Crippen molar-refractivity contribution in [3.05, 3.63) is 58.6 Å². The predicted octanol–water partition coefficient (Wildman–Crippen LogP) is 4.01. The van der Waals surface area contributed by atoms with Crippen molar-refractivity contribution in [2.45, 2.75) is 13.8 Å². The van der Waals surface area contributed by atoms with Crippen molar-refractivity contribution in [2.24, 2.45) is 0 Å². The zero-order valence-electron chi connectivity index (χ0n) is 14.7. The van der Waals surface area contributed by atoms with Crippen LogP contribution in [-0.4, -0.2) is 43.6 Å². The van der Waals surface area contributed by atoms with E-state index in [1.807, 2.05) is 55.1 Å². The molecule has 3 rings (SSSR count). The summed E-state index contributed by atoms with van der Waals surface area (Å²) >= 11 is 6.07. The van der Waals surface area contributed by atoms with Gasteiger partial charge in [0.25, 0.3) is 5.91 Å². The van der Waals surface area contributed by atoms with Gasteiger partial charge < -0.3 is 14.5 Å². The molecule has 2 aromatic carbocycles. The van der Waals surface area contributed by atoms with E-state index in [9.17, 15) is 4.79 Å². The summed E-state index contributed by atoms with van der Waals surface area (Å²) in [6, 6.07) is 13.5. The van der Waals surface area contributed by atoms with Gasteiger partial charge in [-0.05, 0) is 55.8 Å². The standard InChI is InChI=1S/C20H23ClN2O2/c1-3-25-19-8-7-16(13-15(19)2)20(24)23-11-9-22(10-12-23)18-6-4-5-17(21)14-18/h4-8,13-14H,3,9-12H2,1-2H3. The number of piperazine rings is 1. The van der Waals surface area contributed by atoms with Gasteiger partial charge in [0.2, 0.25) is 0 Å². The second kappa shape index (κ2) is 7.79. The molecule has 0 atom stereocenters. The number of carbonyl (C=O) groups is 1. The molecule has 0 aliphatic carbocycles. The van der Waals surface area contributed by atoms with Crippen LogP contribution in [0.5, 0.6) is 5.75 Å². The average molecular weight is 359 g/mol. The molecule has 0 radical (unpaired) electrons. The fraction of sp³-hybridized carbons (Fsp3) is 0.350. The average Bonchev–Trinajstić information content (AvgIpc) is 2.63. The summed E-state index contributed by atoms with van der Waals surface area (Å²) in [6.45, 7) is 7.58. The molecule has 0 aromatic heterocycles. The van der Waals surface area contributed by atoms with Crippen LogP contribution in [0.4, 0.5) is 5.69 Å². The van der Waals surface area contributed by atoms with Gasteiger partial charge in [-0.3, -0.25) is 4.79 Å². The van der Waals surface area contributed by atoms with Gasteiger partial charge in [-0.1, -0.05) is 17.7 Å². The molecule has 5 heteroatoms. The van der Waals surface area contributed by atoms with Crippen molar-refractivity contribution in [3.8, 4) is 5.75 Å². The Morgan fingerprint density at radius 2 is 1.88 bits per heavy atom. The van der Waals surface area contributed by atoms with Gasteiger partial charge in [-0.15, -0.1) is 0 Å². The smallest absolute Gasteiger partial charge is 0.253 e. The van der Waals surface area contributed by atoms with Crippen molar-refractivity contribution in [2.75, 3.05) is 37.7 Å². The molecule has 4 nitrogen and oxygen atoms in total. The first-order chi connectivity index (χ1) is 12.1. The molecule has 1 aliphatic rings. The minimum absolute atomic E-state index is 0.0805. The number of benzene rings is 2. The van der Waals surface area contributed by atoms with Crippen LogP contribution in [0.3, 0.4) is 0 Å². The van der Waals surface area contributed by atoms with Gasteiger partial charge in [0.15, 0.2) is 0 Å². The molecular formula is C20H23ClN2O2. The van der Waals surface area contributed by atoms with Crippen LogP contribution in [0.1, 0.15) is 22.8 Å². The highest BCUT2D eigenvalue weighted by molar-refractivity contribution is 6.30. The zero-order valence-corrected chi connectivity index (χ0v) is 15.4. The number of nitrogens with zero attached hydrogens (tertiary/aromatic N) is 2. The molecular weight excluding hydrogens is 336 g/mol. The second-order valence-electron chi connectivity index (χ2n) is 6.17. The number of hydrogen-bond donors (Lipinski definition) is 0. The fourth-order valence-corrected chi connectivity index (χ4v) is 3.31. The topological polar surface area (TPSA) is 32.8 Å². The molecule has 132 valence electrons. The van der Waals surface area contributed by atoms with E-state index in [2.05, 4.69) is 11.0 Å². The summed E-state index contributed by atoms with van der Waals surface area (Å²) in [5.41, 5.74) is 2.82. The number of anilines is 1. The van der Waals surface area contributed by atoms with Crippen LogP contribution < -0.4 is 9.64 Å². The highest BCUT2D eigenvalue weighted by Gasteiger charge is 2.22. The summed E-state index contributed by atoms with van der Waals surface area (Å²) in [4.78, 5) is 16.9. The van der Waals surface area contributed by atoms with Crippen molar-refractivity contribution in [3.63, 3.8) is 0 Å². The summed E-state index contributed by atoms with van der Waals surface area (Å²) in [7, 11) is 0. The summed E-state index contributed by atoms with van der Waals surface area (Å²) in [6.07, 6.45) is 0. The van der Waals surface area contributed by atoms with Crippen molar-refractivity contribution >= 4 is 23.2 Å². The molecule has 0 spiro atoms. The fourth-order valence-electron chi connectivity index (χ4n) is 3.12. The van der Waals surface area contributed by atoms with Crippen LogP contribution >= 0.6 is 11.6 Å². The minimum Gasteiger partial charge on any atom is -0.494 e. The highest BCUT2D eigenvalue weighted by Crippen LogP contribution is 2.23. The lowest BCUT2D eigenvalue weighted by Crippen LogP contribution is -2.48. The van der Waals surface area contributed by atoms with Gasteiger partial charge in [0.05, 0.1) is 6.61 Å². The quantitative estimate of drug-likeness (QED) is 0.827. The van der Waals surface area contributed by atoms with E-state index in [0.29, 0.717) is 19.7 Å². The molecule has 25 heavy (non-hydrogen) atoms. The first-order valence-electron chi connectivity index (χ1n) is 8.61. The lowest BCUT2D eigenvalue weighted by molar-refractivity contribution is 0.0746. The molecule has 2 aromatic rings. The van der Waals surface area contributed by atoms with Crippen LogP contribution in [-0.2, 0) is 0 Å². The van der Waals surface area contributed by atoms with E-state index in [1.54, 1.807) is 0 Å². The number of rotatable bonds is 4. The molecule has 1 heterocycles. The first kappa shape index (κ1) is 17.6. The highest BCUT2D eigenvalue weighted by atomic mass is 35.5. The number of carbonyl (C=O) groups excluding carboxylic acids is 1. The monoisotopic (exact) mass is 358 g/mol. The predicted molar refractivity (Wildman–Crippen MR) is 102 cm³/mol. The van der Waals surface area contributed by atoms with Crippen LogP contribution in [0, 0.1) is 6.92 Å². The third kappa shape index (κ3) is 4.07. The molecule has 0 saturated carbocycles. The van der Waals surface area contributed by atoms with E-state index in [-0.39, 0.29) is 5.91 Å². The SMILES string of the molecule is CCOc1ccc(C(=O)N2CCN(c3cccc(Cl)c3)CC2)cc1C. The van der Waals surface area contributed by atoms with E-state index in [1.165, 1.54) is 0 Å². The van der Waals surface area contributed by atoms with E-state index in [4.69, 9.17) is 16.3 Å². The van der Waals surface area contributed by atoms with Gasteiger partial charge in [0, 0.05) is 42.5 Å². The number of aryl methyl sites for hydroxylation is 1. The third-order valence-electron chi connectivity index (χ3n) is 4.46. The number of amides is 1. The van der Waals surface area contributed by atoms with Crippen molar-refractivity contribution in [1.29, 1.82) is 0 Å². The molecule has 1 saturated heterocycles. The van der Waals surface area contributed by atoms with Crippen LogP contribution in [0.2, 0.25) is 5.02 Å². The number of hydrogen-bond acceptors (Lipinski definition) is 3. The van der Waals surface area contributed by atoms with Crippen molar-refractivity contribution < 1.29 is 9.53 Å². The van der Waals surface area contributed by atoms with E-state index in [0.717, 1.165) is 40.7 Å². The Morgan fingerprint density at radius 1 is 1.12 bits per heavy atom. The Labute approximate surface area is 154 Å². The maximum atomic E-state index is 12.8. The zero-order chi connectivity index (χ0) is 17.8. The van der Waals surface area contributed by atoms with Gasteiger partial charge >= 0.3 is 0 Å². The Kier molecular flexibility index (Phi) is 5.49. The first-order valence-corrected chi connectivity index (χ1v) is 8.99. The second-order valence-corrected chi connectivity index (χ2v) is 6.61.